The Morgan fingerprint density at radius 3 is 2.45 bits per heavy atom. The third-order valence-corrected chi connectivity index (χ3v) is 2.62. The normalized spacial score (nSPS) is 10.9. The Kier molecular flexibility index (Phi) is 8.27. The van der Waals surface area contributed by atoms with Gasteiger partial charge in [0, 0.05) is 30.3 Å². The van der Waals surface area contributed by atoms with Crippen LogP contribution in [0.3, 0.4) is 0 Å². The number of nitrogens with one attached hydrogen (secondary N) is 2. The smallest absolute Gasteiger partial charge is 0.251 e. The molecule has 1 unspecified atom stereocenters. The minimum atomic E-state index is -0.240. The second-order valence-corrected chi connectivity index (χ2v) is 4.20. The molecule has 20 heavy (non-hydrogen) atoms. The first-order chi connectivity index (χ1) is 9.08. The fraction of sp³-hybridized carbons (Fsp3) is 0.286. The number of hydrogen-bond donors (Lipinski definition) is 3. The van der Waals surface area contributed by atoms with E-state index in [0.717, 1.165) is 0 Å². The lowest BCUT2D eigenvalue weighted by Crippen LogP contribution is -2.26. The molecule has 1 atom stereocenters. The van der Waals surface area contributed by atoms with Crippen molar-refractivity contribution in [2.45, 2.75) is 6.92 Å². The van der Waals surface area contributed by atoms with Gasteiger partial charge in [0.05, 0.1) is 0 Å². The van der Waals surface area contributed by atoms with Gasteiger partial charge in [0.15, 0.2) is 0 Å². The van der Waals surface area contributed by atoms with Gasteiger partial charge in [-0.3, -0.25) is 9.59 Å². The Morgan fingerprint density at radius 2 is 1.95 bits per heavy atom. The molecule has 0 heterocycles. The van der Waals surface area contributed by atoms with Gasteiger partial charge in [-0.2, -0.15) is 0 Å². The van der Waals surface area contributed by atoms with E-state index in [1.165, 1.54) is 0 Å². The molecule has 0 spiro atoms. The van der Waals surface area contributed by atoms with Gasteiger partial charge in [-0.1, -0.05) is 13.0 Å². The van der Waals surface area contributed by atoms with Crippen LogP contribution in [0.1, 0.15) is 17.3 Å². The average Bonchev–Trinajstić information content (AvgIpc) is 2.44. The van der Waals surface area contributed by atoms with E-state index in [2.05, 4.69) is 17.2 Å². The van der Waals surface area contributed by atoms with E-state index in [-0.39, 0.29) is 30.1 Å². The van der Waals surface area contributed by atoms with E-state index in [4.69, 9.17) is 5.73 Å². The molecule has 1 aromatic carbocycles. The Balaban J connectivity index is 0.00000361. The fourth-order valence-corrected chi connectivity index (χ4v) is 1.34. The SMILES string of the molecule is C=CCNC(=O)c1ccc(NC(=O)C(C)CN)cc1.Cl. The number of benzene rings is 1. The molecule has 0 fully saturated rings. The van der Waals surface area contributed by atoms with Gasteiger partial charge in [-0.15, -0.1) is 19.0 Å². The predicted octanol–water partition coefficient (Wildman–Crippen LogP) is 1.56. The van der Waals surface area contributed by atoms with Crippen molar-refractivity contribution in [2.75, 3.05) is 18.4 Å². The summed E-state index contributed by atoms with van der Waals surface area (Å²) >= 11 is 0. The molecule has 0 aromatic heterocycles. The molecule has 0 aliphatic heterocycles. The van der Waals surface area contributed by atoms with Crippen LogP contribution >= 0.6 is 12.4 Å². The first-order valence-electron chi connectivity index (χ1n) is 6.08. The number of carbonyl (C=O) groups is 2. The zero-order chi connectivity index (χ0) is 14.3. The van der Waals surface area contributed by atoms with Gasteiger partial charge in [0.25, 0.3) is 5.91 Å². The summed E-state index contributed by atoms with van der Waals surface area (Å²) in [4.78, 5) is 23.3. The summed E-state index contributed by atoms with van der Waals surface area (Å²) in [7, 11) is 0. The van der Waals surface area contributed by atoms with Crippen LogP contribution in [0.15, 0.2) is 36.9 Å². The lowest BCUT2D eigenvalue weighted by atomic mass is 10.1. The molecule has 4 N–H and O–H groups in total. The number of halogens is 1. The average molecular weight is 298 g/mol. The third kappa shape index (κ3) is 5.42. The summed E-state index contributed by atoms with van der Waals surface area (Å²) in [6, 6.07) is 6.68. The summed E-state index contributed by atoms with van der Waals surface area (Å²) in [5, 5.41) is 5.41. The van der Waals surface area contributed by atoms with E-state index in [1.54, 1.807) is 37.3 Å². The maximum Gasteiger partial charge on any atom is 0.251 e. The second-order valence-electron chi connectivity index (χ2n) is 4.20. The van der Waals surface area contributed by atoms with Gasteiger partial charge >= 0.3 is 0 Å². The van der Waals surface area contributed by atoms with Gasteiger partial charge in [0.1, 0.15) is 0 Å². The maximum atomic E-state index is 11.6. The molecule has 0 saturated carbocycles. The van der Waals surface area contributed by atoms with Crippen LogP contribution in [0.5, 0.6) is 0 Å². The van der Waals surface area contributed by atoms with Crippen molar-refractivity contribution in [3.8, 4) is 0 Å². The lowest BCUT2D eigenvalue weighted by Gasteiger charge is -2.10. The van der Waals surface area contributed by atoms with Crippen molar-refractivity contribution in [1.29, 1.82) is 0 Å². The van der Waals surface area contributed by atoms with Crippen LogP contribution in [-0.2, 0) is 4.79 Å². The molecule has 1 aromatic rings. The van der Waals surface area contributed by atoms with Crippen molar-refractivity contribution in [3.05, 3.63) is 42.5 Å². The highest BCUT2D eigenvalue weighted by Crippen LogP contribution is 2.10. The Bertz CT molecular complexity index is 460. The van der Waals surface area contributed by atoms with Crippen LogP contribution in [0, 0.1) is 5.92 Å². The summed E-state index contributed by atoms with van der Waals surface area (Å²) in [5.41, 5.74) is 6.59. The van der Waals surface area contributed by atoms with Crippen LogP contribution in [0.4, 0.5) is 5.69 Å². The Morgan fingerprint density at radius 1 is 1.35 bits per heavy atom. The van der Waals surface area contributed by atoms with Crippen LogP contribution in [-0.4, -0.2) is 24.9 Å². The highest BCUT2D eigenvalue weighted by molar-refractivity contribution is 5.96. The molecule has 0 saturated heterocycles. The van der Waals surface area contributed by atoms with Crippen molar-refractivity contribution in [1.82, 2.24) is 5.32 Å². The molecule has 6 heteroatoms. The van der Waals surface area contributed by atoms with Crippen molar-refractivity contribution >= 4 is 29.9 Å². The van der Waals surface area contributed by atoms with E-state index in [1.807, 2.05) is 0 Å². The zero-order valence-electron chi connectivity index (χ0n) is 11.4. The van der Waals surface area contributed by atoms with Gasteiger partial charge in [-0.05, 0) is 24.3 Å². The number of carbonyl (C=O) groups excluding carboxylic acids is 2. The molecule has 0 aliphatic rings. The topological polar surface area (TPSA) is 84.2 Å². The quantitative estimate of drug-likeness (QED) is 0.697. The van der Waals surface area contributed by atoms with Crippen LogP contribution < -0.4 is 16.4 Å². The van der Waals surface area contributed by atoms with E-state index in [9.17, 15) is 9.59 Å². The second kappa shape index (κ2) is 9.12. The van der Waals surface area contributed by atoms with Gasteiger partial charge in [-0.25, -0.2) is 0 Å². The number of amides is 2. The third-order valence-electron chi connectivity index (χ3n) is 2.62. The first kappa shape index (κ1) is 18.1. The van der Waals surface area contributed by atoms with Crippen LogP contribution in [0.2, 0.25) is 0 Å². The minimum absolute atomic E-state index is 0. The molecule has 2 amide bonds. The zero-order valence-corrected chi connectivity index (χ0v) is 12.2. The van der Waals surface area contributed by atoms with E-state index < -0.39 is 0 Å². The molecule has 0 radical (unpaired) electrons. The van der Waals surface area contributed by atoms with Crippen molar-refractivity contribution < 1.29 is 9.59 Å². The monoisotopic (exact) mass is 297 g/mol. The summed E-state index contributed by atoms with van der Waals surface area (Å²) < 4.78 is 0. The Hall–Kier alpha value is -1.85. The lowest BCUT2D eigenvalue weighted by molar-refractivity contribution is -0.119. The highest BCUT2D eigenvalue weighted by atomic mass is 35.5. The molecular formula is C14H20ClN3O2. The largest absolute Gasteiger partial charge is 0.349 e. The summed E-state index contributed by atoms with van der Waals surface area (Å²) in [6.07, 6.45) is 1.61. The molecular weight excluding hydrogens is 278 g/mol. The highest BCUT2D eigenvalue weighted by Gasteiger charge is 2.11. The van der Waals surface area contributed by atoms with E-state index in [0.29, 0.717) is 24.3 Å². The number of nitrogens with two attached hydrogens (primary N) is 1. The summed E-state index contributed by atoms with van der Waals surface area (Å²) in [5.74, 6) is -0.546. The van der Waals surface area contributed by atoms with Gasteiger partial charge < -0.3 is 16.4 Å². The maximum absolute atomic E-state index is 11.6. The molecule has 5 nitrogen and oxygen atoms in total. The standard InChI is InChI=1S/C14H19N3O2.ClH/c1-3-8-16-14(19)11-4-6-12(7-5-11)17-13(18)10(2)9-15;/h3-7,10H,1,8-9,15H2,2H3,(H,16,19)(H,17,18);1H. The number of anilines is 1. The molecule has 110 valence electrons. The number of rotatable bonds is 6. The molecule has 0 aliphatic carbocycles. The molecule has 0 bridgehead atoms. The predicted molar refractivity (Wildman–Crippen MR) is 83.1 cm³/mol. The first-order valence-corrected chi connectivity index (χ1v) is 6.08. The fourth-order valence-electron chi connectivity index (χ4n) is 1.34. The minimum Gasteiger partial charge on any atom is -0.349 e. The number of hydrogen-bond acceptors (Lipinski definition) is 3. The Labute approximate surface area is 125 Å². The van der Waals surface area contributed by atoms with Crippen molar-refractivity contribution in [2.24, 2.45) is 11.7 Å². The molecule has 1 rings (SSSR count). The van der Waals surface area contributed by atoms with E-state index >= 15 is 0 Å². The summed E-state index contributed by atoms with van der Waals surface area (Å²) in [6.45, 7) is 6.00. The van der Waals surface area contributed by atoms with Crippen molar-refractivity contribution in [3.63, 3.8) is 0 Å². The van der Waals surface area contributed by atoms with Crippen LogP contribution in [0.25, 0.3) is 0 Å². The van der Waals surface area contributed by atoms with Gasteiger partial charge in [0.2, 0.25) is 5.91 Å².